The van der Waals surface area contributed by atoms with E-state index in [2.05, 4.69) is 30.6 Å². The maximum atomic E-state index is 5.63. The highest BCUT2D eigenvalue weighted by Crippen LogP contribution is 2.07. The van der Waals surface area contributed by atoms with Crippen LogP contribution in [-0.2, 0) is 0 Å². The molecule has 0 radical (unpaired) electrons. The van der Waals surface area contributed by atoms with Gasteiger partial charge < -0.3 is 10.6 Å². The number of piperazine rings is 1. The van der Waals surface area contributed by atoms with Crippen LogP contribution in [0.2, 0.25) is 0 Å². The summed E-state index contributed by atoms with van der Waals surface area (Å²) in [5, 5.41) is 0. The lowest BCUT2D eigenvalue weighted by atomic mass is 10.1. The van der Waals surface area contributed by atoms with Gasteiger partial charge in [0.2, 0.25) is 0 Å². The van der Waals surface area contributed by atoms with Gasteiger partial charge >= 0.3 is 0 Å². The quantitative estimate of drug-likeness (QED) is 0.720. The van der Waals surface area contributed by atoms with Crippen LogP contribution in [0, 0.1) is 5.92 Å². The average molecular weight is 199 g/mol. The highest BCUT2D eigenvalue weighted by Gasteiger charge is 2.19. The number of hydrogen-bond donors (Lipinski definition) is 1. The highest BCUT2D eigenvalue weighted by molar-refractivity contribution is 4.75. The van der Waals surface area contributed by atoms with Gasteiger partial charge in [0, 0.05) is 38.8 Å². The summed E-state index contributed by atoms with van der Waals surface area (Å²) in [6, 6.07) is 0.698. The predicted octanol–water partition coefficient (Wildman–Crippen LogP) is 0.607. The average Bonchev–Trinajstić information content (AvgIpc) is 2.18. The molecule has 1 aliphatic heterocycles. The molecule has 1 heterocycles. The standard InChI is InChI=1S/C11H25N3/c1-10(2)14-6-4-13(5-7-14)9-11(3)8-12/h10-11H,4-9,12H2,1-3H3. The molecule has 2 N–H and O–H groups in total. The predicted molar refractivity (Wildman–Crippen MR) is 61.4 cm³/mol. The molecule has 0 aromatic carbocycles. The topological polar surface area (TPSA) is 32.5 Å². The summed E-state index contributed by atoms with van der Waals surface area (Å²) >= 11 is 0. The van der Waals surface area contributed by atoms with E-state index in [0.29, 0.717) is 12.0 Å². The molecule has 3 nitrogen and oxygen atoms in total. The summed E-state index contributed by atoms with van der Waals surface area (Å²) in [6.45, 7) is 13.6. The summed E-state index contributed by atoms with van der Waals surface area (Å²) in [4.78, 5) is 5.08. The molecule has 84 valence electrons. The summed E-state index contributed by atoms with van der Waals surface area (Å²) in [5.41, 5.74) is 5.63. The fourth-order valence-electron chi connectivity index (χ4n) is 1.98. The fraction of sp³-hybridized carbons (Fsp3) is 1.00. The van der Waals surface area contributed by atoms with Gasteiger partial charge in [0.15, 0.2) is 0 Å². The first-order valence-corrected chi connectivity index (χ1v) is 5.80. The van der Waals surface area contributed by atoms with Crippen molar-refractivity contribution >= 4 is 0 Å². The molecule has 1 atom stereocenters. The molecule has 0 spiro atoms. The van der Waals surface area contributed by atoms with Crippen molar-refractivity contribution in [3.8, 4) is 0 Å². The Kier molecular flexibility index (Phi) is 4.85. The van der Waals surface area contributed by atoms with Crippen molar-refractivity contribution in [2.45, 2.75) is 26.8 Å². The molecular formula is C11H25N3. The molecule has 1 unspecified atom stereocenters. The molecule has 14 heavy (non-hydrogen) atoms. The van der Waals surface area contributed by atoms with Gasteiger partial charge in [-0.1, -0.05) is 6.92 Å². The first kappa shape index (κ1) is 12.0. The summed E-state index contributed by atoms with van der Waals surface area (Å²) in [5.74, 6) is 0.639. The van der Waals surface area contributed by atoms with Gasteiger partial charge in [0.05, 0.1) is 0 Å². The van der Waals surface area contributed by atoms with Crippen LogP contribution in [-0.4, -0.2) is 55.1 Å². The highest BCUT2D eigenvalue weighted by atomic mass is 15.3. The molecule has 0 aliphatic carbocycles. The zero-order valence-corrected chi connectivity index (χ0v) is 9.87. The Morgan fingerprint density at radius 3 is 2.07 bits per heavy atom. The minimum Gasteiger partial charge on any atom is -0.330 e. The summed E-state index contributed by atoms with van der Waals surface area (Å²) < 4.78 is 0. The summed E-state index contributed by atoms with van der Waals surface area (Å²) in [6.07, 6.45) is 0. The normalized spacial score (nSPS) is 22.9. The number of rotatable bonds is 4. The van der Waals surface area contributed by atoms with Crippen LogP contribution in [0.25, 0.3) is 0 Å². The third-order valence-corrected chi connectivity index (χ3v) is 3.11. The first-order valence-electron chi connectivity index (χ1n) is 5.80. The minimum atomic E-state index is 0.639. The Morgan fingerprint density at radius 1 is 1.07 bits per heavy atom. The lowest BCUT2D eigenvalue weighted by molar-refractivity contribution is 0.0995. The van der Waals surface area contributed by atoms with Gasteiger partial charge in [-0.05, 0) is 26.3 Å². The Hall–Kier alpha value is -0.120. The Balaban J connectivity index is 2.22. The van der Waals surface area contributed by atoms with Crippen LogP contribution in [0.5, 0.6) is 0 Å². The van der Waals surface area contributed by atoms with Gasteiger partial charge in [-0.3, -0.25) is 4.90 Å². The fourth-order valence-corrected chi connectivity index (χ4v) is 1.98. The van der Waals surface area contributed by atoms with Crippen molar-refractivity contribution in [2.24, 2.45) is 11.7 Å². The van der Waals surface area contributed by atoms with Gasteiger partial charge in [0.25, 0.3) is 0 Å². The molecule has 0 bridgehead atoms. The van der Waals surface area contributed by atoms with Crippen LogP contribution in [0.15, 0.2) is 0 Å². The van der Waals surface area contributed by atoms with E-state index in [1.165, 1.54) is 32.7 Å². The van der Waals surface area contributed by atoms with Crippen molar-refractivity contribution in [2.75, 3.05) is 39.3 Å². The van der Waals surface area contributed by atoms with E-state index in [1.807, 2.05) is 0 Å². The van der Waals surface area contributed by atoms with Gasteiger partial charge in [-0.25, -0.2) is 0 Å². The van der Waals surface area contributed by atoms with Crippen molar-refractivity contribution in [3.05, 3.63) is 0 Å². The molecule has 0 amide bonds. The molecule has 1 saturated heterocycles. The van der Waals surface area contributed by atoms with E-state index in [0.717, 1.165) is 6.54 Å². The molecule has 0 aromatic rings. The Bertz CT molecular complexity index is 151. The lowest BCUT2D eigenvalue weighted by Gasteiger charge is -2.37. The summed E-state index contributed by atoms with van der Waals surface area (Å²) in [7, 11) is 0. The van der Waals surface area contributed by atoms with Crippen molar-refractivity contribution in [3.63, 3.8) is 0 Å². The molecule has 1 aliphatic rings. The van der Waals surface area contributed by atoms with Crippen molar-refractivity contribution in [1.82, 2.24) is 9.80 Å². The molecule has 0 aromatic heterocycles. The van der Waals surface area contributed by atoms with Crippen LogP contribution < -0.4 is 5.73 Å². The maximum Gasteiger partial charge on any atom is 0.0113 e. The third kappa shape index (κ3) is 3.56. The molecule has 1 rings (SSSR count). The largest absolute Gasteiger partial charge is 0.330 e. The van der Waals surface area contributed by atoms with Crippen LogP contribution in [0.1, 0.15) is 20.8 Å². The van der Waals surface area contributed by atoms with Gasteiger partial charge in [0.1, 0.15) is 0 Å². The zero-order valence-electron chi connectivity index (χ0n) is 9.87. The molecule has 1 fully saturated rings. The monoisotopic (exact) mass is 199 g/mol. The third-order valence-electron chi connectivity index (χ3n) is 3.11. The van der Waals surface area contributed by atoms with E-state index in [1.54, 1.807) is 0 Å². The minimum absolute atomic E-state index is 0.639. The van der Waals surface area contributed by atoms with Gasteiger partial charge in [-0.2, -0.15) is 0 Å². The van der Waals surface area contributed by atoms with E-state index in [-0.39, 0.29) is 0 Å². The van der Waals surface area contributed by atoms with Crippen LogP contribution in [0.3, 0.4) is 0 Å². The molecular weight excluding hydrogens is 174 g/mol. The number of nitrogens with zero attached hydrogens (tertiary/aromatic N) is 2. The zero-order chi connectivity index (χ0) is 10.6. The van der Waals surface area contributed by atoms with E-state index in [9.17, 15) is 0 Å². The second-order valence-electron chi connectivity index (χ2n) is 4.77. The van der Waals surface area contributed by atoms with Crippen LogP contribution in [0.4, 0.5) is 0 Å². The van der Waals surface area contributed by atoms with E-state index < -0.39 is 0 Å². The van der Waals surface area contributed by atoms with Crippen molar-refractivity contribution in [1.29, 1.82) is 0 Å². The lowest BCUT2D eigenvalue weighted by Crippen LogP contribution is -2.50. The Morgan fingerprint density at radius 2 is 1.64 bits per heavy atom. The second-order valence-corrected chi connectivity index (χ2v) is 4.77. The SMILES string of the molecule is CC(CN)CN1CCN(C(C)C)CC1. The first-order chi connectivity index (χ1) is 6.63. The van der Waals surface area contributed by atoms with E-state index >= 15 is 0 Å². The van der Waals surface area contributed by atoms with Gasteiger partial charge in [-0.15, -0.1) is 0 Å². The maximum absolute atomic E-state index is 5.63. The Labute approximate surface area is 88.2 Å². The smallest absolute Gasteiger partial charge is 0.0113 e. The second kappa shape index (κ2) is 5.69. The molecule has 3 heteroatoms. The van der Waals surface area contributed by atoms with E-state index in [4.69, 9.17) is 5.73 Å². The molecule has 0 saturated carbocycles. The van der Waals surface area contributed by atoms with Crippen LogP contribution >= 0.6 is 0 Å². The number of nitrogens with two attached hydrogens (primary N) is 1. The van der Waals surface area contributed by atoms with Crippen molar-refractivity contribution < 1.29 is 0 Å². The number of hydrogen-bond acceptors (Lipinski definition) is 3.